The summed E-state index contributed by atoms with van der Waals surface area (Å²) in [7, 11) is 1.62. The lowest BCUT2D eigenvalue weighted by Crippen LogP contribution is -2.57. The lowest BCUT2D eigenvalue weighted by Gasteiger charge is -2.39. The van der Waals surface area contributed by atoms with Gasteiger partial charge in [0.1, 0.15) is 24.4 Å². The summed E-state index contributed by atoms with van der Waals surface area (Å²) in [6, 6.07) is 0. The van der Waals surface area contributed by atoms with Gasteiger partial charge in [0.15, 0.2) is 12.6 Å². The van der Waals surface area contributed by atoms with Gasteiger partial charge in [0, 0.05) is 33.0 Å². The predicted octanol–water partition coefficient (Wildman–Crippen LogP) is -1.69. The van der Waals surface area contributed by atoms with E-state index in [1.54, 1.807) is 14.0 Å². The molecule has 9 atom stereocenters. The Hall–Kier alpha value is -0.930. The third-order valence-electron chi connectivity index (χ3n) is 6.46. The van der Waals surface area contributed by atoms with Crippen LogP contribution >= 0.6 is 0 Å². The van der Waals surface area contributed by atoms with E-state index < -0.39 is 49.2 Å². The predicted molar refractivity (Wildman–Crippen MR) is 124 cm³/mol. The molecule has 35 heavy (non-hydrogen) atoms. The van der Waals surface area contributed by atoms with Crippen molar-refractivity contribution in [3.8, 4) is 0 Å². The van der Waals surface area contributed by atoms with E-state index in [2.05, 4.69) is 10.2 Å². The van der Waals surface area contributed by atoms with Crippen LogP contribution in [0.2, 0.25) is 0 Å². The van der Waals surface area contributed by atoms with Crippen LogP contribution in [0.25, 0.3) is 0 Å². The molecule has 2 aliphatic rings. The average molecular weight is 509 g/mol. The number of carbonyl (C=O) groups is 1. The lowest BCUT2D eigenvalue weighted by atomic mass is 10.0. The molecule has 2 aliphatic heterocycles. The van der Waals surface area contributed by atoms with Crippen molar-refractivity contribution >= 4 is 5.91 Å². The third kappa shape index (κ3) is 9.80. The van der Waals surface area contributed by atoms with E-state index in [9.17, 15) is 30.3 Å². The highest BCUT2D eigenvalue weighted by Crippen LogP contribution is 2.22. The van der Waals surface area contributed by atoms with Gasteiger partial charge in [-0.25, -0.2) is 0 Å². The van der Waals surface area contributed by atoms with E-state index in [0.29, 0.717) is 32.5 Å². The molecule has 12 heteroatoms. The molecule has 0 bridgehead atoms. The van der Waals surface area contributed by atoms with Gasteiger partial charge >= 0.3 is 0 Å². The number of hydrogen-bond donors (Lipinski definition) is 6. The van der Waals surface area contributed by atoms with Crippen LogP contribution in [0.5, 0.6) is 0 Å². The van der Waals surface area contributed by atoms with Gasteiger partial charge in [0.2, 0.25) is 5.91 Å². The van der Waals surface area contributed by atoms with E-state index in [1.807, 2.05) is 6.92 Å². The Morgan fingerprint density at radius 3 is 2.11 bits per heavy atom. The number of unbranched alkanes of at least 4 members (excludes halogenated alkanes) is 2. The number of ether oxygens (including phenoxy) is 4. The molecule has 2 saturated heterocycles. The largest absolute Gasteiger partial charge is 0.390 e. The van der Waals surface area contributed by atoms with Crippen molar-refractivity contribution < 1.29 is 49.3 Å². The minimum atomic E-state index is -1.36. The van der Waals surface area contributed by atoms with Crippen molar-refractivity contribution in [2.24, 2.45) is 0 Å². The molecule has 0 spiro atoms. The number of aliphatic hydroxyl groups excluding tert-OH is 5. The highest BCUT2D eigenvalue weighted by molar-refractivity contribution is 5.75. The van der Waals surface area contributed by atoms with E-state index >= 15 is 0 Å². The Kier molecular flexibility index (Phi) is 13.3. The van der Waals surface area contributed by atoms with E-state index in [0.717, 1.165) is 19.3 Å². The van der Waals surface area contributed by atoms with Crippen LogP contribution in [-0.4, -0.2) is 132 Å². The molecule has 0 aromatic carbocycles. The first-order chi connectivity index (χ1) is 16.6. The molecular weight excluding hydrogens is 464 g/mol. The second-order valence-corrected chi connectivity index (χ2v) is 9.36. The van der Waals surface area contributed by atoms with Crippen molar-refractivity contribution in [2.75, 3.05) is 39.9 Å². The lowest BCUT2D eigenvalue weighted by molar-refractivity contribution is -0.293. The summed E-state index contributed by atoms with van der Waals surface area (Å²) in [5, 5.41) is 52.5. The number of aliphatic hydroxyl groups is 5. The number of hydrogen-bond acceptors (Lipinski definition) is 11. The summed E-state index contributed by atoms with van der Waals surface area (Å²) in [5.74, 6) is 0.0127. The molecule has 0 aliphatic carbocycles. The smallest absolute Gasteiger partial charge is 0.219 e. The van der Waals surface area contributed by atoms with Gasteiger partial charge in [-0.3, -0.25) is 9.69 Å². The van der Waals surface area contributed by atoms with Crippen molar-refractivity contribution in [1.29, 1.82) is 0 Å². The third-order valence-corrected chi connectivity index (χ3v) is 6.46. The summed E-state index contributed by atoms with van der Waals surface area (Å²) in [6.07, 6.45) is -5.45. The Labute approximate surface area is 207 Å². The zero-order valence-electron chi connectivity index (χ0n) is 21.0. The van der Waals surface area contributed by atoms with Crippen LogP contribution in [-0.2, 0) is 23.7 Å². The topological polar surface area (TPSA) is 170 Å². The van der Waals surface area contributed by atoms with Gasteiger partial charge in [-0.15, -0.1) is 0 Å². The summed E-state index contributed by atoms with van der Waals surface area (Å²) in [4.78, 5) is 13.5. The minimum absolute atomic E-state index is 0.0127. The zero-order valence-corrected chi connectivity index (χ0v) is 21.0. The minimum Gasteiger partial charge on any atom is -0.390 e. The molecule has 206 valence electrons. The first kappa shape index (κ1) is 30.3. The summed E-state index contributed by atoms with van der Waals surface area (Å²) in [5.41, 5.74) is 0. The van der Waals surface area contributed by atoms with Crippen LogP contribution in [0.1, 0.15) is 46.0 Å². The van der Waals surface area contributed by atoms with Crippen molar-refractivity contribution in [1.82, 2.24) is 10.2 Å². The van der Waals surface area contributed by atoms with Crippen molar-refractivity contribution in [2.45, 2.75) is 101 Å². The summed E-state index contributed by atoms with van der Waals surface area (Å²) >= 11 is 0. The molecule has 0 aromatic rings. The molecule has 2 rings (SSSR count). The van der Waals surface area contributed by atoms with Crippen molar-refractivity contribution in [3.05, 3.63) is 0 Å². The number of carbonyl (C=O) groups excluding carboxylic acids is 1. The van der Waals surface area contributed by atoms with Crippen LogP contribution in [0, 0.1) is 0 Å². The second kappa shape index (κ2) is 15.4. The SMILES string of the molecule is CNC(=O)CCCCCN(CCO[C@@H]1O[C@@H](C)[C@@H](O)[C@@H](O)[C@@H]1O)CCO[C@@H]1O[C@@H](C)C[C@@H](O)[C@@H]1O. The van der Waals surface area contributed by atoms with Gasteiger partial charge < -0.3 is 49.8 Å². The standard InChI is InChI=1S/C23H44N2O10/c1-14-13-16(26)19(29)22(34-14)32-11-9-25(8-6-4-5-7-17(27)24-3)10-12-33-23-21(31)20(30)18(28)15(2)35-23/h14-16,18-23,26,28-31H,4-13H2,1-3H3,(H,24,27)/t14-,15-,16+,18+,19-,20+,21-,22+,23+/m0/s1. The van der Waals surface area contributed by atoms with Crippen molar-refractivity contribution in [3.63, 3.8) is 0 Å². The quantitative estimate of drug-likeness (QED) is 0.148. The molecule has 2 heterocycles. The fourth-order valence-corrected chi connectivity index (χ4v) is 4.17. The molecule has 0 saturated carbocycles. The molecular formula is C23H44N2O10. The maximum atomic E-state index is 11.4. The Balaban J connectivity index is 1.80. The molecule has 1 amide bonds. The number of nitrogens with zero attached hydrogens (tertiary/aromatic N) is 1. The fourth-order valence-electron chi connectivity index (χ4n) is 4.17. The number of nitrogens with one attached hydrogen (secondary N) is 1. The Morgan fingerprint density at radius 1 is 0.857 bits per heavy atom. The molecule has 12 nitrogen and oxygen atoms in total. The Bertz CT molecular complexity index is 615. The molecule has 0 aromatic heterocycles. The van der Waals surface area contributed by atoms with Gasteiger partial charge in [-0.05, 0) is 33.2 Å². The maximum absolute atomic E-state index is 11.4. The van der Waals surface area contributed by atoms with Gasteiger partial charge in [-0.2, -0.15) is 0 Å². The van der Waals surface area contributed by atoms with Gasteiger partial charge in [-0.1, -0.05) is 6.42 Å². The highest BCUT2D eigenvalue weighted by atomic mass is 16.7. The number of amides is 1. The monoisotopic (exact) mass is 508 g/mol. The van der Waals surface area contributed by atoms with Crippen LogP contribution in [0.15, 0.2) is 0 Å². The summed E-state index contributed by atoms with van der Waals surface area (Å²) in [6.45, 7) is 5.55. The normalized spacial score (nSPS) is 35.9. The van der Waals surface area contributed by atoms with Crippen LogP contribution < -0.4 is 5.32 Å². The van der Waals surface area contributed by atoms with Gasteiger partial charge in [0.25, 0.3) is 0 Å². The number of rotatable bonds is 14. The highest BCUT2D eigenvalue weighted by Gasteiger charge is 2.42. The summed E-state index contributed by atoms with van der Waals surface area (Å²) < 4.78 is 22.4. The van der Waals surface area contributed by atoms with Gasteiger partial charge in [0.05, 0.1) is 31.5 Å². The van der Waals surface area contributed by atoms with E-state index in [-0.39, 0.29) is 25.2 Å². The molecule has 6 N–H and O–H groups in total. The van der Waals surface area contributed by atoms with E-state index in [1.165, 1.54) is 0 Å². The first-order valence-electron chi connectivity index (χ1n) is 12.5. The molecule has 0 radical (unpaired) electrons. The molecule has 0 unspecified atom stereocenters. The average Bonchev–Trinajstić information content (AvgIpc) is 2.82. The van der Waals surface area contributed by atoms with Crippen LogP contribution in [0.3, 0.4) is 0 Å². The first-order valence-corrected chi connectivity index (χ1v) is 12.5. The molecule has 2 fully saturated rings. The zero-order chi connectivity index (χ0) is 26.0. The van der Waals surface area contributed by atoms with E-state index in [4.69, 9.17) is 18.9 Å². The fraction of sp³-hybridized carbons (Fsp3) is 0.957. The maximum Gasteiger partial charge on any atom is 0.219 e. The Morgan fingerprint density at radius 2 is 1.49 bits per heavy atom. The second-order valence-electron chi connectivity index (χ2n) is 9.36. The van der Waals surface area contributed by atoms with Crippen LogP contribution in [0.4, 0.5) is 0 Å².